The third-order valence-electron chi connectivity index (χ3n) is 6.31. The van der Waals surface area contributed by atoms with Crippen molar-refractivity contribution in [1.82, 2.24) is 19.2 Å². The zero-order valence-electron chi connectivity index (χ0n) is 19.0. The van der Waals surface area contributed by atoms with E-state index < -0.39 is 0 Å². The monoisotopic (exact) mass is 488 g/mol. The number of benzene rings is 2. The number of rotatable bonds is 5. The second kappa shape index (κ2) is 8.69. The first-order valence-electron chi connectivity index (χ1n) is 11.4. The van der Waals surface area contributed by atoms with Crippen LogP contribution in [0.3, 0.4) is 0 Å². The minimum absolute atomic E-state index is 0.0392. The predicted octanol–water partition coefficient (Wildman–Crippen LogP) is 5.48. The quantitative estimate of drug-likeness (QED) is 0.306. The zero-order valence-corrected chi connectivity index (χ0v) is 20.6. The molecule has 172 valence electrons. The van der Waals surface area contributed by atoms with E-state index in [9.17, 15) is 4.79 Å². The van der Waals surface area contributed by atoms with Crippen molar-refractivity contribution in [1.29, 1.82) is 0 Å². The standard InChI is InChI=1S/C26H24N4O2S2/c1-16(2)20-13-19-21(14-32-20)34-24-22(19)23(31)29(18-11-7-4-8-12-18)25-27-28-26(30(24)25)33-15-17-9-5-3-6-10-17/h3-12,16,20H,13-15H2,1-2H3/t20-/m1/s1. The Labute approximate surface area is 205 Å². The number of hydrogen-bond acceptors (Lipinski definition) is 6. The third-order valence-corrected chi connectivity index (χ3v) is 8.50. The van der Waals surface area contributed by atoms with E-state index in [1.54, 1.807) is 27.7 Å². The Bertz CT molecular complexity index is 1540. The van der Waals surface area contributed by atoms with Gasteiger partial charge in [-0.2, -0.15) is 0 Å². The molecule has 1 aliphatic heterocycles. The van der Waals surface area contributed by atoms with Crippen LogP contribution in [0.5, 0.6) is 0 Å². The second-order valence-electron chi connectivity index (χ2n) is 8.85. The van der Waals surface area contributed by atoms with Crippen LogP contribution >= 0.6 is 23.1 Å². The number of aromatic nitrogens is 4. The van der Waals surface area contributed by atoms with E-state index >= 15 is 0 Å². The van der Waals surface area contributed by atoms with Crippen molar-refractivity contribution in [2.45, 2.75) is 43.9 Å². The Morgan fingerprint density at radius 2 is 1.82 bits per heavy atom. The third kappa shape index (κ3) is 3.57. The van der Waals surface area contributed by atoms with E-state index in [4.69, 9.17) is 4.74 Å². The van der Waals surface area contributed by atoms with Crippen molar-refractivity contribution >= 4 is 39.1 Å². The molecule has 0 fully saturated rings. The molecule has 3 aromatic heterocycles. The van der Waals surface area contributed by atoms with Crippen LogP contribution < -0.4 is 5.56 Å². The number of thioether (sulfide) groups is 1. The Morgan fingerprint density at radius 1 is 1.09 bits per heavy atom. The summed E-state index contributed by atoms with van der Waals surface area (Å²) in [6, 6.07) is 20.0. The molecule has 0 unspecified atom stereocenters. The highest BCUT2D eigenvalue weighted by molar-refractivity contribution is 7.98. The van der Waals surface area contributed by atoms with Crippen LogP contribution in [0.2, 0.25) is 0 Å². The van der Waals surface area contributed by atoms with Gasteiger partial charge in [-0.25, -0.2) is 8.97 Å². The molecule has 6 nitrogen and oxygen atoms in total. The Kier molecular flexibility index (Phi) is 5.51. The van der Waals surface area contributed by atoms with Gasteiger partial charge in [-0.3, -0.25) is 4.79 Å². The molecule has 0 amide bonds. The van der Waals surface area contributed by atoms with Crippen LogP contribution in [0, 0.1) is 5.92 Å². The highest BCUT2D eigenvalue weighted by Gasteiger charge is 2.30. The number of nitrogens with zero attached hydrogens (tertiary/aromatic N) is 4. The maximum absolute atomic E-state index is 14.0. The summed E-state index contributed by atoms with van der Waals surface area (Å²) < 4.78 is 9.90. The molecule has 8 heteroatoms. The Hall–Kier alpha value is -2.94. The van der Waals surface area contributed by atoms with E-state index in [0.717, 1.165) is 43.7 Å². The van der Waals surface area contributed by atoms with Gasteiger partial charge in [0.1, 0.15) is 4.83 Å². The lowest BCUT2D eigenvalue weighted by Crippen LogP contribution is -2.28. The molecule has 0 saturated heterocycles. The van der Waals surface area contributed by atoms with Crippen LogP contribution in [-0.2, 0) is 23.5 Å². The van der Waals surface area contributed by atoms with Gasteiger partial charge in [0.2, 0.25) is 5.78 Å². The lowest BCUT2D eigenvalue weighted by atomic mass is 9.96. The topological polar surface area (TPSA) is 61.4 Å². The van der Waals surface area contributed by atoms with Crippen LogP contribution in [0.15, 0.2) is 70.6 Å². The minimum atomic E-state index is -0.0392. The fourth-order valence-electron chi connectivity index (χ4n) is 4.49. The van der Waals surface area contributed by atoms with Crippen molar-refractivity contribution in [3.05, 3.63) is 87.0 Å². The van der Waals surface area contributed by atoms with E-state index in [0.29, 0.717) is 18.3 Å². The zero-order chi connectivity index (χ0) is 23.2. The van der Waals surface area contributed by atoms with Gasteiger partial charge in [0.05, 0.1) is 23.8 Å². The molecular formula is C26H24N4O2S2. The van der Waals surface area contributed by atoms with Crippen LogP contribution in [-0.4, -0.2) is 25.3 Å². The van der Waals surface area contributed by atoms with E-state index in [1.807, 2.05) is 48.5 Å². The van der Waals surface area contributed by atoms with E-state index in [2.05, 4.69) is 40.6 Å². The average molecular weight is 489 g/mol. The molecule has 0 spiro atoms. The van der Waals surface area contributed by atoms with E-state index in [-0.39, 0.29) is 11.7 Å². The first-order valence-corrected chi connectivity index (χ1v) is 13.2. The molecule has 4 heterocycles. The maximum atomic E-state index is 14.0. The summed E-state index contributed by atoms with van der Waals surface area (Å²) in [7, 11) is 0. The normalized spacial score (nSPS) is 15.9. The van der Waals surface area contributed by atoms with Crippen molar-refractivity contribution < 1.29 is 4.74 Å². The minimum Gasteiger partial charge on any atom is -0.372 e. The van der Waals surface area contributed by atoms with Gasteiger partial charge < -0.3 is 4.74 Å². The smallest absolute Gasteiger partial charge is 0.268 e. The molecule has 0 aliphatic carbocycles. The molecule has 0 bridgehead atoms. The lowest BCUT2D eigenvalue weighted by molar-refractivity contribution is 0.00200. The fourth-order valence-corrected chi connectivity index (χ4v) is 6.68. The van der Waals surface area contributed by atoms with Gasteiger partial charge in [-0.15, -0.1) is 21.5 Å². The summed E-state index contributed by atoms with van der Waals surface area (Å²) in [6.07, 6.45) is 0.857. The SMILES string of the molecule is CC(C)[C@H]1Cc2c(sc3c2c(=O)n(-c2ccccc2)c2nnc(SCc4ccccc4)n32)CO1. The van der Waals surface area contributed by atoms with Gasteiger partial charge in [0.25, 0.3) is 5.56 Å². The Balaban J connectivity index is 1.59. The number of ether oxygens (including phenoxy) is 1. The van der Waals surface area contributed by atoms with Crippen LogP contribution in [0.25, 0.3) is 21.7 Å². The number of para-hydroxylation sites is 1. The summed E-state index contributed by atoms with van der Waals surface area (Å²) in [6.45, 7) is 4.88. The number of hydrogen-bond donors (Lipinski definition) is 0. The predicted molar refractivity (Wildman–Crippen MR) is 137 cm³/mol. The molecule has 2 aromatic carbocycles. The Morgan fingerprint density at radius 3 is 2.56 bits per heavy atom. The van der Waals surface area contributed by atoms with Crippen molar-refractivity contribution in [3.63, 3.8) is 0 Å². The first kappa shape index (κ1) is 21.6. The molecule has 1 aliphatic rings. The fraction of sp³-hybridized carbons (Fsp3) is 0.269. The van der Waals surface area contributed by atoms with Crippen molar-refractivity contribution in [2.24, 2.45) is 5.92 Å². The number of thiophene rings is 1. The average Bonchev–Trinajstić information content (AvgIpc) is 3.45. The molecular weight excluding hydrogens is 464 g/mol. The summed E-state index contributed by atoms with van der Waals surface area (Å²) in [5.74, 6) is 1.70. The summed E-state index contributed by atoms with van der Waals surface area (Å²) in [5.41, 5.74) is 3.09. The molecule has 34 heavy (non-hydrogen) atoms. The van der Waals surface area contributed by atoms with Gasteiger partial charge in [0, 0.05) is 17.1 Å². The van der Waals surface area contributed by atoms with E-state index in [1.165, 1.54) is 5.56 Å². The maximum Gasteiger partial charge on any atom is 0.268 e. The molecule has 5 aromatic rings. The van der Waals surface area contributed by atoms with Crippen LogP contribution in [0.1, 0.15) is 29.9 Å². The summed E-state index contributed by atoms with van der Waals surface area (Å²) in [5, 5.41) is 10.6. The first-order chi connectivity index (χ1) is 16.6. The molecule has 0 saturated carbocycles. The molecule has 0 radical (unpaired) electrons. The highest BCUT2D eigenvalue weighted by atomic mass is 32.2. The molecule has 6 rings (SSSR count). The van der Waals surface area contributed by atoms with Crippen LogP contribution in [0.4, 0.5) is 0 Å². The molecule has 1 atom stereocenters. The largest absolute Gasteiger partial charge is 0.372 e. The van der Waals surface area contributed by atoms with Gasteiger partial charge >= 0.3 is 0 Å². The summed E-state index contributed by atoms with van der Waals surface area (Å²) in [4.78, 5) is 16.0. The highest BCUT2D eigenvalue weighted by Crippen LogP contribution is 2.37. The van der Waals surface area contributed by atoms with Gasteiger partial charge in [0.15, 0.2) is 5.16 Å². The lowest BCUT2D eigenvalue weighted by Gasteiger charge is -2.26. The van der Waals surface area contributed by atoms with Crippen molar-refractivity contribution in [3.8, 4) is 5.69 Å². The van der Waals surface area contributed by atoms with Crippen molar-refractivity contribution in [2.75, 3.05) is 0 Å². The number of fused-ring (bicyclic) bond motifs is 5. The molecule has 0 N–H and O–H groups in total. The second-order valence-corrected chi connectivity index (χ2v) is 10.9. The summed E-state index contributed by atoms with van der Waals surface area (Å²) >= 11 is 3.27. The van der Waals surface area contributed by atoms with Gasteiger partial charge in [-0.05, 0) is 29.2 Å². The van der Waals surface area contributed by atoms with Gasteiger partial charge in [-0.1, -0.05) is 74.1 Å².